The lowest BCUT2D eigenvalue weighted by Crippen LogP contribution is -2.33. The van der Waals surface area contributed by atoms with Crippen LogP contribution in [0.15, 0.2) is 18.2 Å². The largest absolute Gasteiger partial charge is 0.399 e. The van der Waals surface area contributed by atoms with E-state index in [1.807, 2.05) is 6.92 Å². The molecule has 0 spiro atoms. The molecule has 0 aromatic heterocycles. The summed E-state index contributed by atoms with van der Waals surface area (Å²) in [4.78, 5) is 25.1. The van der Waals surface area contributed by atoms with Gasteiger partial charge in [-0.1, -0.05) is 0 Å². The maximum atomic E-state index is 11.9. The summed E-state index contributed by atoms with van der Waals surface area (Å²) in [7, 11) is 0. The van der Waals surface area contributed by atoms with E-state index in [0.717, 1.165) is 12.0 Å². The number of hydrogen-bond acceptors (Lipinski definition) is 3. The molecule has 1 aliphatic heterocycles. The van der Waals surface area contributed by atoms with Gasteiger partial charge in [0.25, 0.3) is 0 Å². The first kappa shape index (κ1) is 9.39. The van der Waals surface area contributed by atoms with Gasteiger partial charge in [0.2, 0.25) is 11.8 Å². The zero-order valence-corrected chi connectivity index (χ0v) is 8.93. The summed E-state index contributed by atoms with van der Waals surface area (Å²) in [6, 6.07) is 5.23. The number of fused-ring (bicyclic) bond motifs is 1. The van der Waals surface area contributed by atoms with Crippen LogP contribution >= 0.6 is 0 Å². The second-order valence-electron chi connectivity index (χ2n) is 4.51. The zero-order chi connectivity index (χ0) is 11.4. The number of amides is 2. The Bertz CT molecular complexity index is 490. The highest BCUT2D eigenvalue weighted by Crippen LogP contribution is 2.48. The highest BCUT2D eigenvalue weighted by molar-refractivity contribution is 6.25. The number of nitrogen functional groups attached to an aromatic ring is 1. The van der Waals surface area contributed by atoms with Gasteiger partial charge < -0.3 is 5.73 Å². The Hall–Kier alpha value is -1.84. The maximum absolute atomic E-state index is 11.9. The number of hydrogen-bond donors (Lipinski definition) is 1. The molecule has 2 amide bonds. The average molecular weight is 216 g/mol. The van der Waals surface area contributed by atoms with Crippen LogP contribution in [0.25, 0.3) is 0 Å². The number of carbonyl (C=O) groups excluding carboxylic acids is 2. The molecule has 1 saturated heterocycles. The van der Waals surface area contributed by atoms with Crippen LogP contribution in [-0.4, -0.2) is 11.8 Å². The van der Waals surface area contributed by atoms with Crippen LogP contribution in [0.5, 0.6) is 0 Å². The minimum absolute atomic E-state index is 0.0514. The second-order valence-corrected chi connectivity index (χ2v) is 4.51. The highest BCUT2D eigenvalue weighted by Gasteiger charge is 2.59. The molecule has 82 valence electrons. The first-order valence-electron chi connectivity index (χ1n) is 5.33. The maximum Gasteiger partial charge on any atom is 0.237 e. The van der Waals surface area contributed by atoms with Gasteiger partial charge in [0, 0.05) is 5.69 Å². The predicted molar refractivity (Wildman–Crippen MR) is 59.7 cm³/mol. The number of nitrogens with two attached hydrogens (primary N) is 1. The minimum atomic E-state index is -0.0529. The second kappa shape index (κ2) is 2.84. The Morgan fingerprint density at radius 2 is 1.88 bits per heavy atom. The Labute approximate surface area is 93.0 Å². The molecular weight excluding hydrogens is 204 g/mol. The van der Waals surface area contributed by atoms with Crippen LogP contribution in [0.4, 0.5) is 11.4 Å². The molecular formula is C12H12N2O2. The number of anilines is 2. The summed E-state index contributed by atoms with van der Waals surface area (Å²) < 4.78 is 0. The fraction of sp³-hybridized carbons (Fsp3) is 0.333. The molecule has 2 aliphatic rings. The third-order valence-electron chi connectivity index (χ3n) is 3.33. The van der Waals surface area contributed by atoms with E-state index in [-0.39, 0.29) is 23.7 Å². The molecule has 2 unspecified atom stereocenters. The number of benzene rings is 1. The molecule has 2 N–H and O–H groups in total. The lowest BCUT2D eigenvalue weighted by atomic mass is 10.1. The molecule has 4 nitrogen and oxygen atoms in total. The Morgan fingerprint density at radius 1 is 1.25 bits per heavy atom. The van der Waals surface area contributed by atoms with E-state index in [1.165, 1.54) is 4.90 Å². The molecule has 1 saturated carbocycles. The molecule has 4 heteroatoms. The Kier molecular flexibility index (Phi) is 1.67. The van der Waals surface area contributed by atoms with Crippen LogP contribution < -0.4 is 10.6 Å². The first-order chi connectivity index (χ1) is 7.59. The van der Waals surface area contributed by atoms with Gasteiger partial charge in [-0.25, -0.2) is 4.90 Å². The van der Waals surface area contributed by atoms with Crippen molar-refractivity contribution < 1.29 is 9.59 Å². The zero-order valence-electron chi connectivity index (χ0n) is 8.93. The van der Waals surface area contributed by atoms with Crippen LogP contribution in [-0.2, 0) is 9.59 Å². The minimum Gasteiger partial charge on any atom is -0.399 e. The van der Waals surface area contributed by atoms with Crippen molar-refractivity contribution in [3.05, 3.63) is 23.8 Å². The van der Waals surface area contributed by atoms with E-state index in [2.05, 4.69) is 0 Å². The normalized spacial score (nSPS) is 27.2. The van der Waals surface area contributed by atoms with Crippen molar-refractivity contribution in [1.29, 1.82) is 0 Å². The van der Waals surface area contributed by atoms with E-state index in [1.54, 1.807) is 18.2 Å². The topological polar surface area (TPSA) is 63.4 Å². The van der Waals surface area contributed by atoms with Crippen molar-refractivity contribution in [2.24, 2.45) is 11.8 Å². The molecule has 1 aromatic carbocycles. The number of piperidine rings is 1. The van der Waals surface area contributed by atoms with Gasteiger partial charge >= 0.3 is 0 Å². The van der Waals surface area contributed by atoms with Crippen LogP contribution in [0.1, 0.15) is 12.0 Å². The van der Waals surface area contributed by atoms with Gasteiger partial charge in [0.05, 0.1) is 17.5 Å². The van der Waals surface area contributed by atoms with E-state index in [0.29, 0.717) is 11.4 Å². The number of imide groups is 1. The summed E-state index contributed by atoms with van der Waals surface area (Å²) in [5.41, 5.74) is 7.83. The van der Waals surface area contributed by atoms with E-state index in [9.17, 15) is 9.59 Å². The first-order valence-corrected chi connectivity index (χ1v) is 5.33. The van der Waals surface area contributed by atoms with Crippen molar-refractivity contribution in [1.82, 2.24) is 0 Å². The third kappa shape index (κ3) is 1.10. The molecule has 0 bridgehead atoms. The Balaban J connectivity index is 2.04. The van der Waals surface area contributed by atoms with Crippen LogP contribution in [0.3, 0.4) is 0 Å². The Morgan fingerprint density at radius 3 is 2.44 bits per heavy atom. The number of rotatable bonds is 1. The summed E-state index contributed by atoms with van der Waals surface area (Å²) in [5.74, 6) is -0.209. The lowest BCUT2D eigenvalue weighted by Gasteiger charge is -2.18. The summed E-state index contributed by atoms with van der Waals surface area (Å²) in [5, 5.41) is 0. The van der Waals surface area contributed by atoms with Crippen molar-refractivity contribution in [3.8, 4) is 0 Å². The molecule has 1 aliphatic carbocycles. The van der Waals surface area contributed by atoms with E-state index >= 15 is 0 Å². The average Bonchev–Trinajstić information content (AvgIpc) is 2.96. The van der Waals surface area contributed by atoms with Crippen molar-refractivity contribution in [3.63, 3.8) is 0 Å². The van der Waals surface area contributed by atoms with Gasteiger partial charge in [0.1, 0.15) is 0 Å². The standard InChI is InChI=1S/C12H12N2O2/c1-6-4-7(13)2-3-10(6)14-11(15)8-5-9(8)12(14)16/h2-4,8-9H,5,13H2,1H3. The molecule has 2 atom stereocenters. The number of aryl methyl sites for hydroxylation is 1. The molecule has 3 rings (SSSR count). The summed E-state index contributed by atoms with van der Waals surface area (Å²) in [6.45, 7) is 1.86. The lowest BCUT2D eigenvalue weighted by molar-refractivity contribution is -0.123. The fourth-order valence-corrected chi connectivity index (χ4v) is 2.35. The monoisotopic (exact) mass is 216 g/mol. The number of nitrogens with zero attached hydrogens (tertiary/aromatic N) is 1. The van der Waals surface area contributed by atoms with Crippen LogP contribution in [0.2, 0.25) is 0 Å². The van der Waals surface area contributed by atoms with Crippen molar-refractivity contribution >= 4 is 23.2 Å². The smallest absolute Gasteiger partial charge is 0.237 e. The van der Waals surface area contributed by atoms with Gasteiger partial charge in [-0.2, -0.15) is 0 Å². The van der Waals surface area contributed by atoms with E-state index in [4.69, 9.17) is 5.73 Å². The quantitative estimate of drug-likeness (QED) is 0.564. The number of carbonyl (C=O) groups is 2. The van der Waals surface area contributed by atoms with Gasteiger partial charge in [-0.05, 0) is 37.1 Å². The highest BCUT2D eigenvalue weighted by atomic mass is 16.2. The molecule has 0 radical (unpaired) electrons. The molecule has 1 heterocycles. The molecule has 16 heavy (non-hydrogen) atoms. The molecule has 1 aromatic rings. The van der Waals surface area contributed by atoms with Gasteiger partial charge in [0.15, 0.2) is 0 Å². The fourth-order valence-electron chi connectivity index (χ4n) is 2.35. The van der Waals surface area contributed by atoms with Gasteiger partial charge in [-0.3, -0.25) is 9.59 Å². The third-order valence-corrected chi connectivity index (χ3v) is 3.33. The van der Waals surface area contributed by atoms with Crippen LogP contribution in [0, 0.1) is 18.8 Å². The van der Waals surface area contributed by atoms with Crippen molar-refractivity contribution in [2.75, 3.05) is 10.6 Å². The van der Waals surface area contributed by atoms with Crippen molar-refractivity contribution in [2.45, 2.75) is 13.3 Å². The van der Waals surface area contributed by atoms with Gasteiger partial charge in [-0.15, -0.1) is 0 Å². The SMILES string of the molecule is Cc1cc(N)ccc1N1C(=O)C2CC2C1=O. The summed E-state index contributed by atoms with van der Waals surface area (Å²) in [6.07, 6.45) is 0.738. The molecule has 2 fully saturated rings. The summed E-state index contributed by atoms with van der Waals surface area (Å²) >= 11 is 0. The van der Waals surface area contributed by atoms with E-state index < -0.39 is 0 Å². The predicted octanol–water partition coefficient (Wildman–Crippen LogP) is 1.09.